The zero-order valence-corrected chi connectivity index (χ0v) is 19.4. The van der Waals surface area contributed by atoms with Gasteiger partial charge in [0.2, 0.25) is 5.91 Å². The standard InChI is InChI=1S/C25H35N5O2/c1-26-25(27-15-21-10-7-11-23(14-21)28-24(31)17-29(2)3)30-13-12-22(16-30)19-32-18-20-8-5-4-6-9-20/h4-11,14,22H,12-13,15-19H2,1-3H3,(H,26,27)(H,28,31). The maximum Gasteiger partial charge on any atom is 0.238 e. The first-order chi connectivity index (χ1) is 15.5. The van der Waals surface area contributed by atoms with Crippen LogP contribution in [0.15, 0.2) is 59.6 Å². The predicted octanol–water partition coefficient (Wildman–Crippen LogP) is 2.80. The molecule has 1 unspecified atom stereocenters. The number of nitrogens with zero attached hydrogens (tertiary/aromatic N) is 3. The number of aliphatic imine (C=N–C) groups is 1. The highest BCUT2D eigenvalue weighted by atomic mass is 16.5. The summed E-state index contributed by atoms with van der Waals surface area (Å²) in [6.07, 6.45) is 1.10. The van der Waals surface area contributed by atoms with Crippen LogP contribution in [-0.4, -0.2) is 69.1 Å². The summed E-state index contributed by atoms with van der Waals surface area (Å²) in [7, 11) is 5.58. The number of rotatable bonds is 9. The van der Waals surface area contributed by atoms with Crippen LogP contribution < -0.4 is 10.6 Å². The molecule has 32 heavy (non-hydrogen) atoms. The van der Waals surface area contributed by atoms with Crippen molar-refractivity contribution >= 4 is 17.6 Å². The van der Waals surface area contributed by atoms with E-state index in [1.807, 2.05) is 68.5 Å². The van der Waals surface area contributed by atoms with E-state index in [0.717, 1.165) is 43.3 Å². The molecule has 172 valence electrons. The molecule has 2 N–H and O–H groups in total. The minimum Gasteiger partial charge on any atom is -0.376 e. The van der Waals surface area contributed by atoms with E-state index in [1.54, 1.807) is 0 Å². The van der Waals surface area contributed by atoms with Gasteiger partial charge >= 0.3 is 0 Å². The molecule has 0 bridgehead atoms. The van der Waals surface area contributed by atoms with Crippen LogP contribution in [0.4, 0.5) is 5.69 Å². The molecule has 1 fully saturated rings. The van der Waals surface area contributed by atoms with E-state index in [0.29, 0.717) is 25.6 Å². The van der Waals surface area contributed by atoms with Crippen LogP contribution in [-0.2, 0) is 22.7 Å². The first-order valence-electron chi connectivity index (χ1n) is 11.1. The molecule has 1 amide bonds. The molecule has 0 spiro atoms. The average Bonchev–Trinajstić information content (AvgIpc) is 3.23. The second-order valence-electron chi connectivity index (χ2n) is 8.49. The molecule has 0 aromatic heterocycles. The van der Waals surface area contributed by atoms with Gasteiger partial charge in [-0.05, 0) is 43.8 Å². The van der Waals surface area contributed by atoms with Crippen molar-refractivity contribution in [2.24, 2.45) is 10.9 Å². The Hall–Kier alpha value is -2.90. The zero-order chi connectivity index (χ0) is 22.8. The lowest BCUT2D eigenvalue weighted by Gasteiger charge is -2.22. The second kappa shape index (κ2) is 12.2. The summed E-state index contributed by atoms with van der Waals surface area (Å²) >= 11 is 0. The van der Waals surface area contributed by atoms with Gasteiger partial charge in [-0.15, -0.1) is 0 Å². The highest BCUT2D eigenvalue weighted by Gasteiger charge is 2.25. The molecule has 0 saturated carbocycles. The van der Waals surface area contributed by atoms with Gasteiger partial charge in [-0.25, -0.2) is 0 Å². The van der Waals surface area contributed by atoms with Gasteiger partial charge < -0.3 is 25.2 Å². The largest absolute Gasteiger partial charge is 0.376 e. The summed E-state index contributed by atoms with van der Waals surface area (Å²) in [4.78, 5) is 20.6. The molecule has 1 aliphatic heterocycles. The van der Waals surface area contributed by atoms with E-state index in [4.69, 9.17) is 4.74 Å². The van der Waals surface area contributed by atoms with Crippen LogP contribution in [0.3, 0.4) is 0 Å². The number of ether oxygens (including phenoxy) is 1. The van der Waals surface area contributed by atoms with E-state index < -0.39 is 0 Å². The monoisotopic (exact) mass is 437 g/mol. The topological polar surface area (TPSA) is 69.2 Å². The lowest BCUT2D eigenvalue weighted by Crippen LogP contribution is -2.39. The van der Waals surface area contributed by atoms with Gasteiger partial charge in [0.25, 0.3) is 0 Å². The summed E-state index contributed by atoms with van der Waals surface area (Å²) in [6.45, 7) is 4.34. The Bertz CT molecular complexity index is 885. The molecule has 3 rings (SSSR count). The van der Waals surface area contributed by atoms with Crippen molar-refractivity contribution < 1.29 is 9.53 Å². The van der Waals surface area contributed by atoms with Crippen molar-refractivity contribution in [2.75, 3.05) is 52.7 Å². The number of likely N-dealkylation sites (N-methyl/N-ethyl adjacent to an activating group) is 1. The summed E-state index contributed by atoms with van der Waals surface area (Å²) < 4.78 is 5.94. The number of hydrogen-bond donors (Lipinski definition) is 2. The number of anilines is 1. The summed E-state index contributed by atoms with van der Waals surface area (Å²) in [5, 5.41) is 6.40. The minimum absolute atomic E-state index is 0.0199. The SMILES string of the molecule is CN=C(NCc1cccc(NC(=O)CN(C)C)c1)N1CCC(COCc2ccccc2)C1. The van der Waals surface area contributed by atoms with Crippen LogP contribution in [0.5, 0.6) is 0 Å². The second-order valence-corrected chi connectivity index (χ2v) is 8.49. The minimum atomic E-state index is -0.0199. The van der Waals surface area contributed by atoms with Gasteiger partial charge in [-0.2, -0.15) is 0 Å². The summed E-state index contributed by atoms with van der Waals surface area (Å²) in [5.41, 5.74) is 3.11. The molecule has 7 nitrogen and oxygen atoms in total. The van der Waals surface area contributed by atoms with Gasteiger partial charge in [-0.3, -0.25) is 9.79 Å². The van der Waals surface area contributed by atoms with Gasteiger partial charge in [0.15, 0.2) is 5.96 Å². The number of guanidine groups is 1. The number of benzene rings is 2. The Balaban J connectivity index is 1.44. The van der Waals surface area contributed by atoms with Crippen molar-refractivity contribution in [3.63, 3.8) is 0 Å². The number of hydrogen-bond acceptors (Lipinski definition) is 4. The van der Waals surface area contributed by atoms with Crippen LogP contribution >= 0.6 is 0 Å². The number of likely N-dealkylation sites (tertiary alicyclic amines) is 1. The fourth-order valence-corrected chi connectivity index (χ4v) is 3.84. The lowest BCUT2D eigenvalue weighted by atomic mass is 10.1. The van der Waals surface area contributed by atoms with E-state index in [9.17, 15) is 4.79 Å². The maximum atomic E-state index is 12.0. The normalized spacial score (nSPS) is 16.4. The molecule has 2 aromatic rings. The molecule has 1 atom stereocenters. The third-order valence-corrected chi connectivity index (χ3v) is 5.38. The Morgan fingerprint density at radius 2 is 1.94 bits per heavy atom. The summed E-state index contributed by atoms with van der Waals surface area (Å²) in [6, 6.07) is 18.2. The van der Waals surface area contributed by atoms with Crippen molar-refractivity contribution in [3.8, 4) is 0 Å². The molecule has 1 aliphatic rings. The van der Waals surface area contributed by atoms with Crippen LogP contribution in [0.25, 0.3) is 0 Å². The fourth-order valence-electron chi connectivity index (χ4n) is 3.84. The zero-order valence-electron chi connectivity index (χ0n) is 19.4. The number of carbonyl (C=O) groups is 1. The molecule has 7 heteroatoms. The van der Waals surface area contributed by atoms with Gasteiger partial charge in [-0.1, -0.05) is 42.5 Å². The Kier molecular flexibility index (Phi) is 9.07. The summed E-state index contributed by atoms with van der Waals surface area (Å²) in [5.74, 6) is 1.39. The molecule has 1 saturated heterocycles. The smallest absolute Gasteiger partial charge is 0.238 e. The quantitative estimate of drug-likeness (QED) is 0.466. The highest BCUT2D eigenvalue weighted by Crippen LogP contribution is 2.18. The molecule has 1 heterocycles. The van der Waals surface area contributed by atoms with Crippen molar-refractivity contribution in [2.45, 2.75) is 19.6 Å². The van der Waals surface area contributed by atoms with E-state index in [1.165, 1.54) is 5.56 Å². The van der Waals surface area contributed by atoms with Crippen molar-refractivity contribution in [1.82, 2.24) is 15.1 Å². The number of amides is 1. The molecular weight excluding hydrogens is 402 g/mol. The molecule has 0 aliphatic carbocycles. The van der Waals surface area contributed by atoms with Gasteiger partial charge in [0, 0.05) is 38.3 Å². The fraction of sp³-hybridized carbons (Fsp3) is 0.440. The highest BCUT2D eigenvalue weighted by molar-refractivity contribution is 5.92. The number of nitrogens with one attached hydrogen (secondary N) is 2. The third-order valence-electron chi connectivity index (χ3n) is 5.38. The first kappa shape index (κ1) is 23.8. The lowest BCUT2D eigenvalue weighted by molar-refractivity contribution is -0.116. The van der Waals surface area contributed by atoms with E-state index in [2.05, 4.69) is 32.7 Å². The molecule has 2 aromatic carbocycles. The van der Waals surface area contributed by atoms with Gasteiger partial charge in [0.1, 0.15) is 0 Å². The Morgan fingerprint density at radius 1 is 1.16 bits per heavy atom. The van der Waals surface area contributed by atoms with Crippen molar-refractivity contribution in [3.05, 3.63) is 65.7 Å². The first-order valence-corrected chi connectivity index (χ1v) is 11.1. The molecule has 0 radical (unpaired) electrons. The van der Waals surface area contributed by atoms with Crippen LogP contribution in [0.2, 0.25) is 0 Å². The van der Waals surface area contributed by atoms with E-state index in [-0.39, 0.29) is 5.91 Å². The molecular formula is C25H35N5O2. The maximum absolute atomic E-state index is 12.0. The van der Waals surface area contributed by atoms with Gasteiger partial charge in [0.05, 0.1) is 19.8 Å². The average molecular weight is 438 g/mol. The van der Waals surface area contributed by atoms with Crippen LogP contribution in [0.1, 0.15) is 17.5 Å². The van der Waals surface area contributed by atoms with Crippen LogP contribution in [0, 0.1) is 5.92 Å². The Morgan fingerprint density at radius 3 is 2.69 bits per heavy atom. The number of carbonyl (C=O) groups excluding carboxylic acids is 1. The van der Waals surface area contributed by atoms with Crippen molar-refractivity contribution in [1.29, 1.82) is 0 Å². The Labute approximate surface area is 191 Å². The predicted molar refractivity (Wildman–Crippen MR) is 130 cm³/mol. The third kappa shape index (κ3) is 7.66. The van der Waals surface area contributed by atoms with E-state index >= 15 is 0 Å².